The molecular weight excluding hydrogens is 298 g/mol. The van der Waals surface area contributed by atoms with Gasteiger partial charge in [-0.25, -0.2) is 9.78 Å². The van der Waals surface area contributed by atoms with Crippen molar-refractivity contribution >= 4 is 17.4 Å². The fourth-order valence-electron chi connectivity index (χ4n) is 2.49. The monoisotopic (exact) mass is 325 g/mol. The third-order valence-electron chi connectivity index (χ3n) is 3.74. The van der Waals surface area contributed by atoms with Crippen LogP contribution in [0.5, 0.6) is 0 Å². The summed E-state index contributed by atoms with van der Waals surface area (Å²) in [6.07, 6.45) is 5.75. The number of thiazole rings is 1. The quantitative estimate of drug-likeness (QED) is 0.843. The summed E-state index contributed by atoms with van der Waals surface area (Å²) in [4.78, 5) is 17.6. The lowest BCUT2D eigenvalue weighted by Crippen LogP contribution is -2.59. The Kier molecular flexibility index (Phi) is 5.45. The highest BCUT2D eigenvalue weighted by molar-refractivity contribution is 7.11. The molecule has 0 atom stereocenters. The van der Waals surface area contributed by atoms with Gasteiger partial charge in [0.05, 0.1) is 10.5 Å². The van der Waals surface area contributed by atoms with Gasteiger partial charge in [0.25, 0.3) is 0 Å². The maximum atomic E-state index is 12.0. The molecule has 2 rings (SSSR count). The lowest BCUT2D eigenvalue weighted by Gasteiger charge is -2.42. The number of nitrogens with zero attached hydrogens (tertiary/aromatic N) is 1. The minimum atomic E-state index is -0.457. The number of carbonyl (C=O) groups is 1. The minimum absolute atomic E-state index is 0.152. The Bertz CT molecular complexity index is 504. The number of ether oxygens (including phenoxy) is 1. The highest BCUT2D eigenvalue weighted by Gasteiger charge is 2.39. The van der Waals surface area contributed by atoms with Crippen LogP contribution in [0.25, 0.3) is 0 Å². The summed E-state index contributed by atoms with van der Waals surface area (Å²) in [6, 6.07) is 0. The molecule has 0 saturated heterocycles. The van der Waals surface area contributed by atoms with Crippen LogP contribution in [-0.4, -0.2) is 28.8 Å². The highest BCUT2D eigenvalue weighted by Crippen LogP contribution is 2.31. The van der Waals surface area contributed by atoms with Crippen LogP contribution in [-0.2, 0) is 17.7 Å². The van der Waals surface area contributed by atoms with Crippen LogP contribution in [0, 0.1) is 0 Å². The lowest BCUT2D eigenvalue weighted by molar-refractivity contribution is 0.0382. The van der Waals surface area contributed by atoms with E-state index in [1.807, 2.05) is 27.0 Å². The summed E-state index contributed by atoms with van der Waals surface area (Å²) >= 11 is 1.75. The fourth-order valence-corrected chi connectivity index (χ4v) is 3.32. The lowest BCUT2D eigenvalue weighted by atomic mass is 9.76. The third-order valence-corrected chi connectivity index (χ3v) is 4.88. The van der Waals surface area contributed by atoms with Crippen molar-refractivity contribution < 1.29 is 9.53 Å². The second-order valence-electron chi connectivity index (χ2n) is 6.94. The molecule has 22 heavy (non-hydrogen) atoms. The second kappa shape index (κ2) is 6.96. The van der Waals surface area contributed by atoms with Crippen LogP contribution >= 0.6 is 11.3 Å². The Balaban J connectivity index is 1.79. The molecule has 1 aromatic rings. The van der Waals surface area contributed by atoms with E-state index < -0.39 is 5.60 Å². The second-order valence-corrected chi connectivity index (χ2v) is 8.14. The summed E-state index contributed by atoms with van der Waals surface area (Å²) in [6.45, 7) is 9.33. The molecule has 6 heteroatoms. The molecule has 1 saturated carbocycles. The van der Waals surface area contributed by atoms with Gasteiger partial charge in [-0.15, -0.1) is 11.3 Å². The van der Waals surface area contributed by atoms with Gasteiger partial charge in [-0.3, -0.25) is 0 Å². The summed E-state index contributed by atoms with van der Waals surface area (Å²) in [5.74, 6) is 0. The number of hydrogen-bond donors (Lipinski definition) is 2. The smallest absolute Gasteiger partial charge is 0.408 e. The van der Waals surface area contributed by atoms with Crippen LogP contribution in [0.4, 0.5) is 4.79 Å². The first-order valence-corrected chi connectivity index (χ1v) is 8.79. The van der Waals surface area contributed by atoms with E-state index in [4.69, 9.17) is 4.74 Å². The standard InChI is InChI=1S/C16H27N3O2S/c1-5-13-18-10-12(22-13)9-17-11-16(7-6-8-16)19-14(20)21-15(2,3)4/h10,17H,5-9,11H2,1-4H3,(H,19,20). The number of aryl methyl sites for hydroxylation is 1. The van der Waals surface area contributed by atoms with Crippen LogP contribution in [0.3, 0.4) is 0 Å². The van der Waals surface area contributed by atoms with Crippen LogP contribution < -0.4 is 10.6 Å². The summed E-state index contributed by atoms with van der Waals surface area (Å²) < 4.78 is 5.37. The zero-order chi connectivity index (χ0) is 16.2. The minimum Gasteiger partial charge on any atom is -0.444 e. The largest absolute Gasteiger partial charge is 0.444 e. The molecule has 1 aliphatic rings. The normalized spacial score (nSPS) is 16.9. The number of amides is 1. The van der Waals surface area contributed by atoms with Crippen molar-refractivity contribution in [3.8, 4) is 0 Å². The summed E-state index contributed by atoms with van der Waals surface area (Å²) in [5.41, 5.74) is -0.609. The van der Waals surface area contributed by atoms with Gasteiger partial charge in [-0.05, 0) is 46.5 Å². The van der Waals surface area contributed by atoms with E-state index in [0.29, 0.717) is 0 Å². The molecule has 1 fully saturated rings. The van der Waals surface area contributed by atoms with E-state index in [2.05, 4.69) is 22.5 Å². The molecule has 0 bridgehead atoms. The molecule has 0 spiro atoms. The maximum Gasteiger partial charge on any atom is 0.408 e. The van der Waals surface area contributed by atoms with Crippen molar-refractivity contribution in [1.82, 2.24) is 15.6 Å². The third kappa shape index (κ3) is 4.95. The van der Waals surface area contributed by atoms with Gasteiger partial charge in [0.15, 0.2) is 0 Å². The molecule has 124 valence electrons. The Morgan fingerprint density at radius 1 is 1.45 bits per heavy atom. The first-order chi connectivity index (χ1) is 10.3. The number of hydrogen-bond acceptors (Lipinski definition) is 5. The van der Waals surface area contributed by atoms with Crippen LogP contribution in [0.2, 0.25) is 0 Å². The van der Waals surface area contributed by atoms with Gasteiger partial charge in [-0.1, -0.05) is 6.92 Å². The molecule has 1 heterocycles. The predicted molar refractivity (Wildman–Crippen MR) is 89.2 cm³/mol. The number of carbonyl (C=O) groups excluding carboxylic acids is 1. The molecule has 5 nitrogen and oxygen atoms in total. The van der Waals surface area contributed by atoms with Crippen molar-refractivity contribution in [3.05, 3.63) is 16.1 Å². The van der Waals surface area contributed by atoms with E-state index in [1.54, 1.807) is 11.3 Å². The van der Waals surface area contributed by atoms with E-state index >= 15 is 0 Å². The summed E-state index contributed by atoms with van der Waals surface area (Å²) in [5, 5.41) is 7.67. The Morgan fingerprint density at radius 3 is 2.68 bits per heavy atom. The van der Waals surface area contributed by atoms with Gasteiger partial charge in [-0.2, -0.15) is 0 Å². The number of alkyl carbamates (subject to hydrolysis) is 1. The molecule has 0 radical (unpaired) electrons. The topological polar surface area (TPSA) is 63.2 Å². The van der Waals surface area contributed by atoms with Crippen molar-refractivity contribution in [2.24, 2.45) is 0 Å². The average molecular weight is 325 g/mol. The Morgan fingerprint density at radius 2 is 2.18 bits per heavy atom. The molecule has 0 unspecified atom stereocenters. The molecule has 0 aliphatic heterocycles. The summed E-state index contributed by atoms with van der Waals surface area (Å²) in [7, 11) is 0. The van der Waals surface area contributed by atoms with Crippen LogP contribution in [0.1, 0.15) is 56.8 Å². The van der Waals surface area contributed by atoms with Crippen LogP contribution in [0.15, 0.2) is 6.20 Å². The molecule has 0 aromatic carbocycles. The zero-order valence-corrected chi connectivity index (χ0v) is 14.8. The first kappa shape index (κ1) is 17.2. The molecule has 1 aliphatic carbocycles. The maximum absolute atomic E-state index is 12.0. The molecule has 2 N–H and O–H groups in total. The SMILES string of the molecule is CCc1ncc(CNCC2(NC(=O)OC(C)(C)C)CCC2)s1. The number of rotatable bonds is 6. The fraction of sp³-hybridized carbons (Fsp3) is 0.750. The van der Waals surface area contributed by atoms with Gasteiger partial charge in [0.2, 0.25) is 0 Å². The Hall–Kier alpha value is -1.14. The molecule has 1 amide bonds. The zero-order valence-electron chi connectivity index (χ0n) is 14.0. The van der Waals surface area contributed by atoms with Crippen molar-refractivity contribution in [2.45, 2.75) is 71.1 Å². The number of aromatic nitrogens is 1. The van der Waals surface area contributed by atoms with E-state index in [0.717, 1.165) is 38.8 Å². The average Bonchev–Trinajstić information content (AvgIpc) is 2.81. The van der Waals surface area contributed by atoms with Crippen molar-refractivity contribution in [1.29, 1.82) is 0 Å². The highest BCUT2D eigenvalue weighted by atomic mass is 32.1. The van der Waals surface area contributed by atoms with Gasteiger partial charge in [0.1, 0.15) is 5.60 Å². The van der Waals surface area contributed by atoms with E-state index in [9.17, 15) is 4.79 Å². The number of nitrogens with one attached hydrogen (secondary N) is 2. The van der Waals surface area contributed by atoms with Crippen molar-refractivity contribution in [2.75, 3.05) is 6.54 Å². The van der Waals surface area contributed by atoms with Crippen molar-refractivity contribution in [3.63, 3.8) is 0 Å². The van der Waals surface area contributed by atoms with E-state index in [-0.39, 0.29) is 11.6 Å². The van der Waals surface area contributed by atoms with E-state index in [1.165, 1.54) is 9.88 Å². The Labute approximate surface area is 136 Å². The predicted octanol–water partition coefficient (Wildman–Crippen LogP) is 3.24. The van der Waals surface area contributed by atoms with Gasteiger partial charge >= 0.3 is 6.09 Å². The van der Waals surface area contributed by atoms with Gasteiger partial charge < -0.3 is 15.4 Å². The molecule has 1 aromatic heterocycles. The van der Waals surface area contributed by atoms with Gasteiger partial charge in [0, 0.05) is 24.2 Å². The first-order valence-electron chi connectivity index (χ1n) is 7.97. The molecular formula is C16H27N3O2S.